The number of aryl methyl sites for hydroxylation is 1. The van der Waals surface area contributed by atoms with Crippen LogP contribution in [0, 0.1) is 6.92 Å². The Bertz CT molecular complexity index is 1050. The topological polar surface area (TPSA) is 102 Å². The van der Waals surface area contributed by atoms with E-state index in [1.54, 1.807) is 21.5 Å². The van der Waals surface area contributed by atoms with E-state index in [1.807, 2.05) is 49.5 Å². The highest BCUT2D eigenvalue weighted by atomic mass is 16.1. The minimum Gasteiger partial charge on any atom is -0.367 e. The maximum atomic E-state index is 12.5. The molecule has 0 unspecified atom stereocenters. The number of fused-ring (bicyclic) bond motifs is 1. The largest absolute Gasteiger partial charge is 0.367 e. The number of carbonyl (C=O) groups excluding carboxylic acids is 1. The van der Waals surface area contributed by atoms with Crippen molar-refractivity contribution in [3.63, 3.8) is 0 Å². The molecule has 0 aliphatic carbocycles. The second kappa shape index (κ2) is 7.24. The van der Waals surface area contributed by atoms with Gasteiger partial charge >= 0.3 is 0 Å². The number of nitrogens with zero attached hydrogens (tertiary/aromatic N) is 6. The Morgan fingerprint density at radius 1 is 1.07 bits per heavy atom. The van der Waals surface area contributed by atoms with Gasteiger partial charge in [-0.3, -0.25) is 9.20 Å². The smallest absolute Gasteiger partial charge is 0.270 e. The lowest BCUT2D eigenvalue weighted by Gasteiger charge is -2.08. The fourth-order valence-electron chi connectivity index (χ4n) is 2.78. The Hall–Kier alpha value is -3.75. The monoisotopic (exact) mass is 362 g/mol. The highest BCUT2D eigenvalue weighted by Gasteiger charge is 2.15. The van der Waals surface area contributed by atoms with Crippen LogP contribution in [0.4, 0.5) is 5.82 Å². The molecule has 0 saturated carbocycles. The van der Waals surface area contributed by atoms with E-state index in [-0.39, 0.29) is 5.91 Å². The van der Waals surface area contributed by atoms with Crippen molar-refractivity contribution in [2.24, 2.45) is 0 Å². The number of hydrogen-bond acceptors (Lipinski definition) is 6. The molecule has 9 heteroatoms. The Kier molecular flexibility index (Phi) is 4.48. The van der Waals surface area contributed by atoms with E-state index in [9.17, 15) is 4.79 Å². The molecule has 4 aromatic heterocycles. The average molecular weight is 362 g/mol. The van der Waals surface area contributed by atoms with Crippen molar-refractivity contribution >= 4 is 17.4 Å². The second-order valence-electron chi connectivity index (χ2n) is 5.88. The summed E-state index contributed by atoms with van der Waals surface area (Å²) in [6, 6.07) is 11.1. The standard InChI is InChI=1S/C18H18N8O/c1-13-17(25-11-3-2-5-15(25)22-13)18(27)20-10-9-19-14-6-7-16(24-23-14)26-12-4-8-21-26/h2-8,11-12H,9-10H2,1H3,(H,19,23)(H,20,27). The number of pyridine rings is 1. The second-order valence-corrected chi connectivity index (χ2v) is 5.88. The summed E-state index contributed by atoms with van der Waals surface area (Å²) in [5, 5.41) is 18.3. The number of imidazole rings is 1. The van der Waals surface area contributed by atoms with E-state index in [1.165, 1.54) is 0 Å². The van der Waals surface area contributed by atoms with Crippen LogP contribution in [0.3, 0.4) is 0 Å². The zero-order valence-electron chi connectivity index (χ0n) is 14.7. The van der Waals surface area contributed by atoms with Gasteiger partial charge in [-0.1, -0.05) is 6.07 Å². The first-order chi connectivity index (χ1) is 13.2. The summed E-state index contributed by atoms with van der Waals surface area (Å²) in [6.45, 7) is 2.80. The first-order valence-corrected chi connectivity index (χ1v) is 8.52. The van der Waals surface area contributed by atoms with E-state index in [2.05, 4.69) is 30.9 Å². The van der Waals surface area contributed by atoms with E-state index < -0.39 is 0 Å². The third-order valence-corrected chi connectivity index (χ3v) is 4.03. The van der Waals surface area contributed by atoms with Gasteiger partial charge < -0.3 is 10.6 Å². The van der Waals surface area contributed by atoms with E-state index in [0.29, 0.717) is 36.1 Å². The summed E-state index contributed by atoms with van der Waals surface area (Å²) in [6.07, 6.45) is 5.32. The molecule has 0 aliphatic rings. The van der Waals surface area contributed by atoms with E-state index in [0.717, 1.165) is 5.65 Å². The van der Waals surface area contributed by atoms with Gasteiger partial charge in [-0.05, 0) is 37.3 Å². The predicted molar refractivity (Wildman–Crippen MR) is 99.9 cm³/mol. The van der Waals surface area contributed by atoms with Crippen LogP contribution >= 0.6 is 0 Å². The Balaban J connectivity index is 1.32. The molecule has 0 radical (unpaired) electrons. The highest BCUT2D eigenvalue weighted by Crippen LogP contribution is 2.11. The molecule has 2 N–H and O–H groups in total. The molecule has 0 bridgehead atoms. The van der Waals surface area contributed by atoms with Crippen LogP contribution in [-0.4, -0.2) is 48.4 Å². The molecule has 4 heterocycles. The Labute approximate surface area is 155 Å². The fraction of sp³-hybridized carbons (Fsp3) is 0.167. The molecular weight excluding hydrogens is 344 g/mol. The van der Waals surface area contributed by atoms with Crippen LogP contribution in [0.25, 0.3) is 11.5 Å². The van der Waals surface area contributed by atoms with Gasteiger partial charge in [0.05, 0.1) is 5.69 Å². The van der Waals surface area contributed by atoms with Gasteiger partial charge in [-0.25, -0.2) is 9.67 Å². The van der Waals surface area contributed by atoms with Crippen LogP contribution < -0.4 is 10.6 Å². The summed E-state index contributed by atoms with van der Waals surface area (Å²) in [5.41, 5.74) is 2.01. The normalized spacial score (nSPS) is 10.9. The number of carbonyl (C=O) groups is 1. The van der Waals surface area contributed by atoms with Crippen molar-refractivity contribution in [1.29, 1.82) is 0 Å². The molecule has 4 aromatic rings. The Morgan fingerprint density at radius 2 is 2.00 bits per heavy atom. The fourth-order valence-corrected chi connectivity index (χ4v) is 2.78. The third-order valence-electron chi connectivity index (χ3n) is 4.03. The van der Waals surface area contributed by atoms with E-state index >= 15 is 0 Å². The van der Waals surface area contributed by atoms with Crippen LogP contribution in [0.1, 0.15) is 16.2 Å². The van der Waals surface area contributed by atoms with Crippen LogP contribution in [0.2, 0.25) is 0 Å². The van der Waals surface area contributed by atoms with Gasteiger partial charge in [-0.2, -0.15) is 5.10 Å². The maximum Gasteiger partial charge on any atom is 0.270 e. The summed E-state index contributed by atoms with van der Waals surface area (Å²) in [5.74, 6) is 1.11. The van der Waals surface area contributed by atoms with Crippen molar-refractivity contribution in [3.8, 4) is 5.82 Å². The molecule has 0 atom stereocenters. The first kappa shape index (κ1) is 16.7. The van der Waals surface area contributed by atoms with Gasteiger partial charge in [-0.15, -0.1) is 10.2 Å². The van der Waals surface area contributed by atoms with Crippen molar-refractivity contribution in [3.05, 3.63) is 66.4 Å². The molecule has 0 saturated heterocycles. The van der Waals surface area contributed by atoms with Crippen molar-refractivity contribution in [2.45, 2.75) is 6.92 Å². The number of amides is 1. The van der Waals surface area contributed by atoms with Crippen LogP contribution in [0.5, 0.6) is 0 Å². The molecule has 0 spiro atoms. The summed E-state index contributed by atoms with van der Waals surface area (Å²) < 4.78 is 3.42. The number of hydrogen-bond donors (Lipinski definition) is 2. The first-order valence-electron chi connectivity index (χ1n) is 8.52. The molecule has 9 nitrogen and oxygen atoms in total. The van der Waals surface area contributed by atoms with Crippen molar-refractivity contribution in [1.82, 2.24) is 34.7 Å². The lowest BCUT2D eigenvalue weighted by atomic mass is 10.3. The number of nitrogens with one attached hydrogen (secondary N) is 2. The lowest BCUT2D eigenvalue weighted by molar-refractivity contribution is 0.0948. The van der Waals surface area contributed by atoms with Gasteiger partial charge in [0.15, 0.2) is 5.82 Å². The van der Waals surface area contributed by atoms with Crippen molar-refractivity contribution in [2.75, 3.05) is 18.4 Å². The van der Waals surface area contributed by atoms with E-state index in [4.69, 9.17) is 0 Å². The summed E-state index contributed by atoms with van der Waals surface area (Å²) >= 11 is 0. The van der Waals surface area contributed by atoms with Crippen molar-refractivity contribution < 1.29 is 4.79 Å². The number of anilines is 1. The molecule has 27 heavy (non-hydrogen) atoms. The van der Waals surface area contributed by atoms with Gasteiger partial charge in [0.25, 0.3) is 5.91 Å². The summed E-state index contributed by atoms with van der Waals surface area (Å²) in [7, 11) is 0. The highest BCUT2D eigenvalue weighted by molar-refractivity contribution is 5.94. The lowest BCUT2D eigenvalue weighted by Crippen LogP contribution is -2.30. The molecule has 0 fully saturated rings. The average Bonchev–Trinajstić information content (AvgIpc) is 3.32. The predicted octanol–water partition coefficient (Wildman–Crippen LogP) is 1.46. The maximum absolute atomic E-state index is 12.5. The zero-order chi connectivity index (χ0) is 18.6. The molecule has 4 rings (SSSR count). The quantitative estimate of drug-likeness (QED) is 0.504. The molecule has 0 aromatic carbocycles. The van der Waals surface area contributed by atoms with Gasteiger partial charge in [0.1, 0.15) is 17.2 Å². The minimum atomic E-state index is -0.159. The number of aromatic nitrogens is 6. The minimum absolute atomic E-state index is 0.159. The van der Waals surface area contributed by atoms with Crippen LogP contribution in [0.15, 0.2) is 55.0 Å². The van der Waals surface area contributed by atoms with Gasteiger partial charge in [0, 0.05) is 31.7 Å². The molecule has 0 aliphatic heterocycles. The Morgan fingerprint density at radius 3 is 2.78 bits per heavy atom. The molecular formula is C18H18N8O. The number of rotatable bonds is 6. The van der Waals surface area contributed by atoms with Crippen LogP contribution in [-0.2, 0) is 0 Å². The summed E-state index contributed by atoms with van der Waals surface area (Å²) in [4.78, 5) is 16.9. The molecule has 1 amide bonds. The van der Waals surface area contributed by atoms with Gasteiger partial charge in [0.2, 0.25) is 0 Å². The third kappa shape index (κ3) is 3.47. The SMILES string of the molecule is Cc1nc2ccccn2c1C(=O)NCCNc1ccc(-n2cccn2)nn1. The molecule has 136 valence electrons. The zero-order valence-corrected chi connectivity index (χ0v) is 14.7.